The first kappa shape index (κ1) is 40.4. The van der Waals surface area contributed by atoms with Crippen LogP contribution in [0.2, 0.25) is 0 Å². The van der Waals surface area contributed by atoms with Gasteiger partial charge in [-0.3, -0.25) is 14.8 Å². The number of benzene rings is 2. The van der Waals surface area contributed by atoms with Crippen molar-refractivity contribution in [3.63, 3.8) is 0 Å². The second-order valence-corrected chi connectivity index (χ2v) is 20.0. The van der Waals surface area contributed by atoms with Gasteiger partial charge in [-0.25, -0.2) is 4.99 Å². The molecule has 1 amide bonds. The fraction of sp³-hybridized carbons (Fsp3) is 0.591. The molecule has 2 aromatic carbocycles. The summed E-state index contributed by atoms with van der Waals surface area (Å²) in [7, 11) is 3.57. The SMILES string of the molecule is CC1N=C(N2CCN(C(=O)[C@@H](CCCCN(C)C)NC3CCC4(CC3)CCN(Cc3ccccc3)C4)[C@H](P(C)NCc3cccs3)C2)O[C@H]1c1ccccc1. The summed E-state index contributed by atoms with van der Waals surface area (Å²) in [6, 6.07) is 26.7. The molecule has 5 atom stereocenters. The highest BCUT2D eigenvalue weighted by Gasteiger charge is 2.43. The number of thiophene rings is 1. The molecule has 2 unspecified atom stereocenters. The largest absolute Gasteiger partial charge is 0.455 e. The van der Waals surface area contributed by atoms with Crippen molar-refractivity contribution in [1.29, 1.82) is 0 Å². The Morgan fingerprint density at radius 3 is 2.49 bits per heavy atom. The van der Waals surface area contributed by atoms with Gasteiger partial charge in [0.2, 0.25) is 5.91 Å². The predicted octanol–water partition coefficient (Wildman–Crippen LogP) is 7.38. The maximum Gasteiger partial charge on any atom is 0.288 e. The fourth-order valence-corrected chi connectivity index (χ4v) is 11.7. The van der Waals surface area contributed by atoms with Gasteiger partial charge in [0.1, 0.15) is 6.10 Å². The molecule has 1 spiro atoms. The third kappa shape index (κ3) is 10.6. The number of nitrogens with one attached hydrogen (secondary N) is 2. The smallest absolute Gasteiger partial charge is 0.288 e. The molecule has 7 rings (SSSR count). The molecule has 0 bridgehead atoms. The molecular formula is C44H64N7O2PS. The number of carbonyl (C=O) groups is 1. The standard InChI is InChI=1S/C44H64N7O2PS/c1-34-41(36-16-9-6-10-17-36)53-43(46-34)50-27-28-51(40(32-50)54(4)45-30-38-18-13-29-55-38)42(52)39(19-11-12-25-48(2)3)47-37-20-22-44(23-21-37)24-26-49(33-44)31-35-14-7-5-8-15-35/h5-10,13-18,29,34,37,39-41,45,47H,11-12,19-28,30-33H2,1-4H3/t34?,37?,39-,40-,41-,44?,54?/m1/s1. The van der Waals surface area contributed by atoms with E-state index in [-0.39, 0.29) is 29.9 Å². The normalized spacial score (nSPS) is 27.0. The van der Waals surface area contributed by atoms with E-state index in [9.17, 15) is 4.79 Å². The van der Waals surface area contributed by atoms with Crippen LogP contribution in [0.3, 0.4) is 0 Å². The van der Waals surface area contributed by atoms with Gasteiger partial charge in [-0.2, -0.15) is 0 Å². The number of carbonyl (C=O) groups excluding carboxylic acids is 1. The van der Waals surface area contributed by atoms with Crippen molar-refractivity contribution >= 4 is 31.3 Å². The molecule has 4 aliphatic rings. The van der Waals surface area contributed by atoms with Crippen molar-refractivity contribution in [3.8, 4) is 0 Å². The van der Waals surface area contributed by atoms with Gasteiger partial charge in [0, 0.05) is 50.2 Å². The first-order valence-electron chi connectivity index (χ1n) is 20.8. The minimum absolute atomic E-state index is 0.0390. The Morgan fingerprint density at radius 2 is 1.76 bits per heavy atom. The lowest BCUT2D eigenvalue weighted by Gasteiger charge is -2.46. The zero-order valence-electron chi connectivity index (χ0n) is 33.6. The first-order valence-corrected chi connectivity index (χ1v) is 23.5. The maximum atomic E-state index is 15.0. The highest BCUT2D eigenvalue weighted by molar-refractivity contribution is 7.55. The Hall–Kier alpha value is -2.85. The molecule has 298 valence electrons. The van der Waals surface area contributed by atoms with Crippen molar-refractivity contribution in [2.45, 2.75) is 101 Å². The topological polar surface area (TPSA) is 75.7 Å². The number of hydrogen-bond donors (Lipinski definition) is 2. The monoisotopic (exact) mass is 785 g/mol. The summed E-state index contributed by atoms with van der Waals surface area (Å²) < 4.78 is 6.59. The summed E-state index contributed by atoms with van der Waals surface area (Å²) in [5, 5.41) is 10.0. The maximum absolute atomic E-state index is 15.0. The quantitative estimate of drug-likeness (QED) is 0.123. The van der Waals surface area contributed by atoms with E-state index < -0.39 is 8.07 Å². The van der Waals surface area contributed by atoms with Gasteiger partial charge >= 0.3 is 0 Å². The molecule has 4 heterocycles. The number of likely N-dealkylation sites (tertiary alicyclic amines) is 1. The first-order chi connectivity index (χ1) is 26.7. The minimum atomic E-state index is -0.714. The lowest BCUT2D eigenvalue weighted by atomic mass is 9.72. The van der Waals surface area contributed by atoms with E-state index in [1.807, 2.05) is 6.07 Å². The van der Waals surface area contributed by atoms with Crippen molar-refractivity contribution in [2.75, 3.05) is 60.0 Å². The van der Waals surface area contributed by atoms with Crippen molar-refractivity contribution in [2.24, 2.45) is 10.4 Å². The summed E-state index contributed by atoms with van der Waals surface area (Å²) in [5.41, 5.74) is 2.99. The number of aliphatic imine (C=N–C) groups is 1. The molecule has 2 N–H and O–H groups in total. The lowest BCUT2D eigenvalue weighted by Crippen LogP contribution is -2.61. The zero-order valence-corrected chi connectivity index (χ0v) is 35.3. The number of unbranched alkanes of at least 4 members (excludes halogenated alkanes) is 1. The number of amides is 1. The number of rotatable bonds is 15. The summed E-state index contributed by atoms with van der Waals surface area (Å²) in [6.07, 6.45) is 9.02. The van der Waals surface area contributed by atoms with Gasteiger partial charge in [-0.1, -0.05) is 73.2 Å². The Balaban J connectivity index is 1.02. The molecule has 3 aromatic rings. The number of amidine groups is 1. The van der Waals surface area contributed by atoms with Gasteiger partial charge < -0.3 is 24.8 Å². The lowest BCUT2D eigenvalue weighted by molar-refractivity contribution is -0.136. The van der Waals surface area contributed by atoms with E-state index in [4.69, 9.17) is 9.73 Å². The molecule has 3 aliphatic heterocycles. The Morgan fingerprint density at radius 1 is 1.00 bits per heavy atom. The van der Waals surface area contributed by atoms with Gasteiger partial charge in [0.05, 0.1) is 17.9 Å². The van der Waals surface area contributed by atoms with E-state index in [1.165, 1.54) is 42.8 Å². The van der Waals surface area contributed by atoms with Crippen LogP contribution in [-0.2, 0) is 22.6 Å². The number of hydrogen-bond acceptors (Lipinski definition) is 9. The summed E-state index contributed by atoms with van der Waals surface area (Å²) in [4.78, 5) is 30.8. The highest BCUT2D eigenvalue weighted by atomic mass is 32.1. The van der Waals surface area contributed by atoms with Gasteiger partial charge in [-0.15, -0.1) is 11.3 Å². The van der Waals surface area contributed by atoms with Crippen LogP contribution < -0.4 is 10.4 Å². The van der Waals surface area contributed by atoms with Crippen LogP contribution in [0, 0.1) is 5.41 Å². The van der Waals surface area contributed by atoms with Crippen LogP contribution >= 0.6 is 19.4 Å². The average Bonchev–Trinajstić information content (AvgIpc) is 3.97. The number of nitrogens with zero attached hydrogens (tertiary/aromatic N) is 5. The summed E-state index contributed by atoms with van der Waals surface area (Å²) in [6.45, 7) is 11.9. The second-order valence-electron chi connectivity index (χ2n) is 16.8. The molecule has 1 saturated carbocycles. The van der Waals surface area contributed by atoms with Crippen molar-refractivity contribution in [1.82, 2.24) is 30.0 Å². The van der Waals surface area contributed by atoms with Crippen molar-refractivity contribution in [3.05, 3.63) is 94.2 Å². The molecule has 0 radical (unpaired) electrons. The van der Waals surface area contributed by atoms with E-state index in [0.29, 0.717) is 18.0 Å². The minimum Gasteiger partial charge on any atom is -0.455 e. The molecule has 3 fully saturated rings. The van der Waals surface area contributed by atoms with Crippen LogP contribution in [0.15, 0.2) is 83.2 Å². The van der Waals surface area contributed by atoms with Crippen LogP contribution in [0.1, 0.15) is 80.4 Å². The van der Waals surface area contributed by atoms with E-state index in [0.717, 1.165) is 76.4 Å². The van der Waals surface area contributed by atoms with Crippen LogP contribution in [0.25, 0.3) is 0 Å². The molecule has 11 heteroatoms. The Kier molecular flexibility index (Phi) is 14.0. The summed E-state index contributed by atoms with van der Waals surface area (Å²) >= 11 is 1.78. The number of piperazine rings is 1. The number of ether oxygens (including phenoxy) is 1. The Labute approximate surface area is 335 Å². The van der Waals surface area contributed by atoms with Gasteiger partial charge in [0.15, 0.2) is 0 Å². The van der Waals surface area contributed by atoms with Crippen molar-refractivity contribution < 1.29 is 9.53 Å². The summed E-state index contributed by atoms with van der Waals surface area (Å²) in [5.74, 6) is 0.324. The molecule has 2 saturated heterocycles. The highest BCUT2D eigenvalue weighted by Crippen LogP contribution is 2.45. The van der Waals surface area contributed by atoms with Crippen LogP contribution in [-0.4, -0.2) is 115 Å². The van der Waals surface area contributed by atoms with E-state index in [2.05, 4.69) is 130 Å². The molecule has 55 heavy (non-hydrogen) atoms. The third-order valence-electron chi connectivity index (χ3n) is 12.4. The van der Waals surface area contributed by atoms with Gasteiger partial charge in [0.25, 0.3) is 6.02 Å². The van der Waals surface area contributed by atoms with Crippen LogP contribution in [0.4, 0.5) is 0 Å². The predicted molar refractivity (Wildman–Crippen MR) is 229 cm³/mol. The van der Waals surface area contributed by atoms with E-state index >= 15 is 0 Å². The Bertz CT molecular complexity index is 1650. The second kappa shape index (κ2) is 19.1. The zero-order chi connectivity index (χ0) is 38.2. The van der Waals surface area contributed by atoms with Crippen LogP contribution in [0.5, 0.6) is 0 Å². The third-order valence-corrected chi connectivity index (χ3v) is 15.3. The molecular weight excluding hydrogens is 722 g/mol. The fourth-order valence-electron chi connectivity index (χ4n) is 9.23. The average molecular weight is 786 g/mol. The molecule has 9 nitrogen and oxygen atoms in total. The molecule has 1 aliphatic carbocycles. The van der Waals surface area contributed by atoms with E-state index in [1.54, 1.807) is 11.3 Å². The molecule has 1 aromatic heterocycles. The van der Waals surface area contributed by atoms with Gasteiger partial charge in [-0.05, 0) is 122 Å².